The first-order chi connectivity index (χ1) is 7.45. The summed E-state index contributed by atoms with van der Waals surface area (Å²) >= 11 is 0. The first kappa shape index (κ1) is 11.2. The molecule has 2 aromatic heterocycles. The third-order valence-corrected chi connectivity index (χ3v) is 3.09. The lowest BCUT2D eigenvalue weighted by molar-refractivity contribution is 0.591. The molecule has 2 heterocycles. The van der Waals surface area contributed by atoms with Gasteiger partial charge < -0.3 is 4.40 Å². The van der Waals surface area contributed by atoms with Crippen LogP contribution in [-0.2, 0) is 11.8 Å². The molecule has 2 aromatic rings. The van der Waals surface area contributed by atoms with Crippen molar-refractivity contribution < 1.29 is 0 Å². The van der Waals surface area contributed by atoms with Crippen molar-refractivity contribution in [2.75, 3.05) is 0 Å². The summed E-state index contributed by atoms with van der Waals surface area (Å²) in [6, 6.07) is 4.39. The molecule has 0 N–H and O–H groups in total. The van der Waals surface area contributed by atoms with Crippen LogP contribution in [0.4, 0.5) is 0 Å². The Bertz CT molecular complexity index is 515. The SMILES string of the molecule is CCc1cnc2c(C(C)(C)C)ccc(C)n12. The predicted octanol–water partition coefficient (Wildman–Crippen LogP) is 3.50. The molecule has 0 unspecified atom stereocenters. The van der Waals surface area contributed by atoms with Gasteiger partial charge in [-0.05, 0) is 24.8 Å². The first-order valence-corrected chi connectivity index (χ1v) is 5.91. The van der Waals surface area contributed by atoms with Crippen molar-refractivity contribution in [2.24, 2.45) is 0 Å². The van der Waals surface area contributed by atoms with Crippen molar-refractivity contribution in [1.29, 1.82) is 0 Å². The topological polar surface area (TPSA) is 17.3 Å². The minimum Gasteiger partial charge on any atom is -0.301 e. The Labute approximate surface area is 97.3 Å². The van der Waals surface area contributed by atoms with Crippen molar-refractivity contribution in [2.45, 2.75) is 46.5 Å². The highest BCUT2D eigenvalue weighted by Crippen LogP contribution is 2.27. The first-order valence-electron chi connectivity index (χ1n) is 5.91. The lowest BCUT2D eigenvalue weighted by atomic mass is 9.87. The van der Waals surface area contributed by atoms with Gasteiger partial charge in [0.05, 0.1) is 0 Å². The quantitative estimate of drug-likeness (QED) is 0.713. The molecule has 0 atom stereocenters. The van der Waals surface area contributed by atoms with Crippen molar-refractivity contribution in [3.63, 3.8) is 0 Å². The van der Waals surface area contributed by atoms with E-state index >= 15 is 0 Å². The van der Waals surface area contributed by atoms with Crippen molar-refractivity contribution in [3.05, 3.63) is 35.3 Å². The summed E-state index contributed by atoms with van der Waals surface area (Å²) in [4.78, 5) is 4.58. The summed E-state index contributed by atoms with van der Waals surface area (Å²) in [5.74, 6) is 0. The zero-order chi connectivity index (χ0) is 11.9. The molecule has 0 saturated heterocycles. The molecule has 0 aromatic carbocycles. The molecule has 0 amide bonds. The molecule has 2 heteroatoms. The van der Waals surface area contributed by atoms with Gasteiger partial charge >= 0.3 is 0 Å². The van der Waals surface area contributed by atoms with Crippen LogP contribution in [0.3, 0.4) is 0 Å². The fourth-order valence-electron chi connectivity index (χ4n) is 2.16. The summed E-state index contributed by atoms with van der Waals surface area (Å²) in [5, 5.41) is 0. The van der Waals surface area contributed by atoms with Gasteiger partial charge in [0.2, 0.25) is 0 Å². The average molecular weight is 216 g/mol. The minimum atomic E-state index is 0.144. The molecule has 0 fully saturated rings. The van der Waals surface area contributed by atoms with Crippen molar-refractivity contribution in [1.82, 2.24) is 9.38 Å². The number of hydrogen-bond donors (Lipinski definition) is 0. The van der Waals surface area contributed by atoms with Crippen LogP contribution < -0.4 is 0 Å². The zero-order valence-corrected chi connectivity index (χ0v) is 10.8. The van der Waals surface area contributed by atoms with E-state index in [0.29, 0.717) is 0 Å². The molecule has 2 rings (SSSR count). The summed E-state index contributed by atoms with van der Waals surface area (Å²) in [6.45, 7) is 11.0. The van der Waals surface area contributed by atoms with Crippen LogP contribution in [0.2, 0.25) is 0 Å². The maximum Gasteiger partial charge on any atom is 0.140 e. The number of imidazole rings is 1. The smallest absolute Gasteiger partial charge is 0.140 e. The van der Waals surface area contributed by atoms with Gasteiger partial charge in [-0.1, -0.05) is 33.8 Å². The van der Waals surface area contributed by atoms with Crippen LogP contribution in [0.25, 0.3) is 5.65 Å². The van der Waals surface area contributed by atoms with Gasteiger partial charge in [0, 0.05) is 23.1 Å². The van der Waals surface area contributed by atoms with Gasteiger partial charge in [0.1, 0.15) is 5.65 Å². The molecule has 0 aliphatic carbocycles. The van der Waals surface area contributed by atoms with Crippen LogP contribution in [-0.4, -0.2) is 9.38 Å². The highest BCUT2D eigenvalue weighted by atomic mass is 15.0. The van der Waals surface area contributed by atoms with Gasteiger partial charge in [-0.3, -0.25) is 0 Å². The number of fused-ring (bicyclic) bond motifs is 1. The zero-order valence-electron chi connectivity index (χ0n) is 10.8. The van der Waals surface area contributed by atoms with Crippen LogP contribution in [0.15, 0.2) is 18.3 Å². The lowest BCUT2D eigenvalue weighted by Gasteiger charge is -2.20. The average Bonchev–Trinajstić information content (AvgIpc) is 2.60. The van der Waals surface area contributed by atoms with Crippen LogP contribution in [0.5, 0.6) is 0 Å². The Morgan fingerprint density at radius 1 is 1.25 bits per heavy atom. The van der Waals surface area contributed by atoms with E-state index in [2.05, 4.69) is 56.1 Å². The van der Waals surface area contributed by atoms with E-state index in [-0.39, 0.29) is 5.41 Å². The van der Waals surface area contributed by atoms with Gasteiger partial charge in [-0.25, -0.2) is 4.98 Å². The van der Waals surface area contributed by atoms with Gasteiger partial charge in [-0.15, -0.1) is 0 Å². The normalized spacial score (nSPS) is 12.3. The van der Waals surface area contributed by atoms with Crippen LogP contribution in [0, 0.1) is 6.92 Å². The van der Waals surface area contributed by atoms with Gasteiger partial charge in [0.25, 0.3) is 0 Å². The van der Waals surface area contributed by atoms with Gasteiger partial charge in [0.15, 0.2) is 0 Å². The fraction of sp³-hybridized carbons (Fsp3) is 0.500. The molecule has 86 valence electrons. The molecule has 0 aliphatic heterocycles. The molecule has 2 nitrogen and oxygen atoms in total. The second kappa shape index (κ2) is 3.62. The highest BCUT2D eigenvalue weighted by molar-refractivity contribution is 5.53. The highest BCUT2D eigenvalue weighted by Gasteiger charge is 2.19. The molecule has 0 radical (unpaired) electrons. The van der Waals surface area contributed by atoms with Crippen molar-refractivity contribution >= 4 is 5.65 Å². The Kier molecular flexibility index (Phi) is 2.53. The Morgan fingerprint density at radius 3 is 2.50 bits per heavy atom. The Morgan fingerprint density at radius 2 is 1.94 bits per heavy atom. The van der Waals surface area contributed by atoms with Crippen LogP contribution >= 0.6 is 0 Å². The number of aromatic nitrogens is 2. The summed E-state index contributed by atoms with van der Waals surface area (Å²) < 4.78 is 2.28. The second-order valence-corrected chi connectivity index (χ2v) is 5.40. The molecular formula is C14H20N2. The number of hydrogen-bond acceptors (Lipinski definition) is 1. The number of aryl methyl sites for hydroxylation is 2. The molecular weight excluding hydrogens is 196 g/mol. The van der Waals surface area contributed by atoms with E-state index in [0.717, 1.165) is 12.1 Å². The lowest BCUT2D eigenvalue weighted by Crippen LogP contribution is -2.14. The predicted molar refractivity (Wildman–Crippen MR) is 68.0 cm³/mol. The number of rotatable bonds is 1. The van der Waals surface area contributed by atoms with E-state index in [1.165, 1.54) is 17.0 Å². The Balaban J connectivity index is 2.81. The fourth-order valence-corrected chi connectivity index (χ4v) is 2.16. The minimum absolute atomic E-state index is 0.144. The van der Waals surface area contributed by atoms with Gasteiger partial charge in [-0.2, -0.15) is 0 Å². The molecule has 0 bridgehead atoms. The van der Waals surface area contributed by atoms with E-state index in [4.69, 9.17) is 0 Å². The number of pyridine rings is 1. The van der Waals surface area contributed by atoms with E-state index < -0.39 is 0 Å². The maximum absolute atomic E-state index is 4.58. The summed E-state index contributed by atoms with van der Waals surface area (Å²) in [5.41, 5.74) is 5.13. The molecule has 0 aliphatic rings. The number of nitrogens with zero attached hydrogens (tertiary/aromatic N) is 2. The largest absolute Gasteiger partial charge is 0.301 e. The van der Waals surface area contributed by atoms with E-state index in [9.17, 15) is 0 Å². The second-order valence-electron chi connectivity index (χ2n) is 5.40. The Hall–Kier alpha value is -1.31. The van der Waals surface area contributed by atoms with E-state index in [1.54, 1.807) is 0 Å². The third kappa shape index (κ3) is 1.62. The maximum atomic E-state index is 4.58. The molecule has 0 spiro atoms. The van der Waals surface area contributed by atoms with Crippen molar-refractivity contribution in [3.8, 4) is 0 Å². The third-order valence-electron chi connectivity index (χ3n) is 3.09. The molecule has 16 heavy (non-hydrogen) atoms. The summed E-state index contributed by atoms with van der Waals surface area (Å²) in [6.07, 6.45) is 3.02. The molecule has 0 saturated carbocycles. The van der Waals surface area contributed by atoms with E-state index in [1.807, 2.05) is 6.20 Å². The standard InChI is InChI=1S/C14H20N2/c1-6-11-9-15-13-12(14(3,4)5)8-7-10(2)16(11)13/h7-9H,6H2,1-5H3. The monoisotopic (exact) mass is 216 g/mol. The van der Waals surface area contributed by atoms with Crippen LogP contribution in [0.1, 0.15) is 44.6 Å². The summed E-state index contributed by atoms with van der Waals surface area (Å²) in [7, 11) is 0.